The van der Waals surface area contributed by atoms with Crippen LogP contribution in [0.2, 0.25) is 0 Å². The van der Waals surface area contributed by atoms with E-state index in [1.807, 2.05) is 12.3 Å². The summed E-state index contributed by atoms with van der Waals surface area (Å²) >= 11 is 2.58. The molecule has 0 spiro atoms. The Morgan fingerprint density at radius 3 is 2.88 bits per heavy atom. The SMILES string of the molecule is Cc1nc(Cc2nnc(S[C@H](C)C(=O)Nc3ccc(F)cc3F)o2)cs1. The summed E-state index contributed by atoms with van der Waals surface area (Å²) in [5, 5.41) is 12.7. The first kappa shape index (κ1) is 18.5. The van der Waals surface area contributed by atoms with Crippen molar-refractivity contribution in [2.24, 2.45) is 0 Å². The number of anilines is 1. The molecule has 0 bridgehead atoms. The normalized spacial score (nSPS) is 12.2. The number of benzene rings is 1. The molecule has 1 N–H and O–H groups in total. The molecule has 3 rings (SSSR count). The van der Waals surface area contributed by atoms with Crippen molar-refractivity contribution in [1.82, 2.24) is 15.2 Å². The van der Waals surface area contributed by atoms with Gasteiger partial charge in [0, 0.05) is 11.4 Å². The smallest absolute Gasteiger partial charge is 0.277 e. The second-order valence-corrected chi connectivity index (χ2v) is 7.72. The number of nitrogens with zero attached hydrogens (tertiary/aromatic N) is 3. The molecule has 1 aromatic carbocycles. The van der Waals surface area contributed by atoms with Crippen molar-refractivity contribution >= 4 is 34.7 Å². The first-order valence-electron chi connectivity index (χ1n) is 7.56. The van der Waals surface area contributed by atoms with Gasteiger partial charge in [-0.05, 0) is 26.0 Å². The van der Waals surface area contributed by atoms with E-state index < -0.39 is 22.8 Å². The summed E-state index contributed by atoms with van der Waals surface area (Å²) in [6.07, 6.45) is 0.416. The molecule has 0 radical (unpaired) electrons. The predicted octanol–water partition coefficient (Wildman–Crippen LogP) is 3.82. The maximum atomic E-state index is 13.6. The lowest BCUT2D eigenvalue weighted by molar-refractivity contribution is -0.115. The number of thiazole rings is 1. The van der Waals surface area contributed by atoms with Crippen LogP contribution in [-0.4, -0.2) is 26.3 Å². The van der Waals surface area contributed by atoms with Gasteiger partial charge in [0.2, 0.25) is 11.8 Å². The van der Waals surface area contributed by atoms with Crippen LogP contribution >= 0.6 is 23.1 Å². The standard InChI is InChI=1S/C16H14F2N4O2S2/c1-8(15(23)20-13-4-3-10(17)5-12(13)18)26-16-22-21-14(24-16)6-11-7-25-9(2)19-11/h3-5,7-8H,6H2,1-2H3,(H,20,23)/t8-/m1/s1. The molecule has 0 saturated heterocycles. The number of carbonyl (C=O) groups excluding carboxylic acids is 1. The van der Waals surface area contributed by atoms with Gasteiger partial charge in [-0.2, -0.15) is 0 Å². The van der Waals surface area contributed by atoms with Crippen LogP contribution in [0, 0.1) is 18.6 Å². The highest BCUT2D eigenvalue weighted by molar-refractivity contribution is 8.00. The zero-order valence-electron chi connectivity index (χ0n) is 13.8. The quantitative estimate of drug-likeness (QED) is 0.638. The molecule has 0 unspecified atom stereocenters. The summed E-state index contributed by atoms with van der Waals surface area (Å²) in [5.74, 6) is -1.61. The fraction of sp³-hybridized carbons (Fsp3) is 0.250. The highest BCUT2D eigenvalue weighted by atomic mass is 32.2. The molecule has 0 aliphatic rings. The van der Waals surface area contributed by atoms with Gasteiger partial charge in [-0.3, -0.25) is 4.79 Å². The molecule has 2 heterocycles. The Bertz CT molecular complexity index is 929. The van der Waals surface area contributed by atoms with Crippen LogP contribution in [-0.2, 0) is 11.2 Å². The van der Waals surface area contributed by atoms with Gasteiger partial charge in [0.15, 0.2) is 0 Å². The molecule has 2 aromatic heterocycles. The molecule has 6 nitrogen and oxygen atoms in total. The van der Waals surface area contributed by atoms with E-state index in [0.717, 1.165) is 28.5 Å². The van der Waals surface area contributed by atoms with Gasteiger partial charge in [-0.1, -0.05) is 11.8 Å². The van der Waals surface area contributed by atoms with Gasteiger partial charge in [0.25, 0.3) is 5.22 Å². The summed E-state index contributed by atoms with van der Waals surface area (Å²) < 4.78 is 32.0. The van der Waals surface area contributed by atoms with Crippen LogP contribution in [0.25, 0.3) is 0 Å². The lowest BCUT2D eigenvalue weighted by atomic mass is 10.3. The zero-order valence-corrected chi connectivity index (χ0v) is 15.5. The fourth-order valence-electron chi connectivity index (χ4n) is 2.03. The Hall–Kier alpha value is -2.33. The van der Waals surface area contributed by atoms with Crippen molar-refractivity contribution < 1.29 is 18.0 Å². The van der Waals surface area contributed by atoms with Crippen molar-refractivity contribution in [3.05, 3.63) is 51.8 Å². The number of amides is 1. The Morgan fingerprint density at radius 1 is 1.38 bits per heavy atom. The van der Waals surface area contributed by atoms with E-state index in [2.05, 4.69) is 20.5 Å². The second kappa shape index (κ2) is 7.92. The summed E-state index contributed by atoms with van der Waals surface area (Å²) in [4.78, 5) is 16.5. The highest BCUT2D eigenvalue weighted by Crippen LogP contribution is 2.24. The van der Waals surface area contributed by atoms with Crippen molar-refractivity contribution in [2.75, 3.05) is 5.32 Å². The van der Waals surface area contributed by atoms with Crippen LogP contribution in [0.5, 0.6) is 0 Å². The molecule has 0 fully saturated rings. The fourth-order valence-corrected chi connectivity index (χ4v) is 3.34. The number of hydrogen-bond donors (Lipinski definition) is 1. The van der Waals surface area contributed by atoms with Gasteiger partial charge in [0.1, 0.15) is 11.6 Å². The lowest BCUT2D eigenvalue weighted by Crippen LogP contribution is -2.23. The molecule has 1 amide bonds. The first-order chi connectivity index (χ1) is 12.4. The Labute approximate surface area is 156 Å². The number of rotatable bonds is 6. The highest BCUT2D eigenvalue weighted by Gasteiger charge is 2.20. The Morgan fingerprint density at radius 2 is 2.19 bits per heavy atom. The Kier molecular flexibility index (Phi) is 5.62. The van der Waals surface area contributed by atoms with Crippen LogP contribution in [0.3, 0.4) is 0 Å². The van der Waals surface area contributed by atoms with Crippen molar-refractivity contribution in [3.63, 3.8) is 0 Å². The monoisotopic (exact) mass is 396 g/mol. The topological polar surface area (TPSA) is 80.9 Å². The molecule has 10 heteroatoms. The van der Waals surface area contributed by atoms with Crippen LogP contribution in [0.1, 0.15) is 23.5 Å². The summed E-state index contributed by atoms with van der Waals surface area (Å²) in [7, 11) is 0. The summed E-state index contributed by atoms with van der Waals surface area (Å²) in [5.41, 5.74) is 0.749. The minimum atomic E-state index is -0.839. The predicted molar refractivity (Wildman–Crippen MR) is 94.3 cm³/mol. The molecular formula is C16H14F2N4O2S2. The number of thioether (sulfide) groups is 1. The third kappa shape index (κ3) is 4.64. The maximum Gasteiger partial charge on any atom is 0.277 e. The maximum absolute atomic E-state index is 13.6. The molecule has 136 valence electrons. The van der Waals surface area contributed by atoms with Crippen LogP contribution in [0.15, 0.2) is 33.2 Å². The largest absolute Gasteiger partial charge is 0.416 e. The molecule has 1 atom stereocenters. The number of carbonyl (C=O) groups is 1. The molecule has 3 aromatic rings. The van der Waals surface area contributed by atoms with Gasteiger partial charge >= 0.3 is 0 Å². The number of aryl methyl sites for hydroxylation is 1. The lowest BCUT2D eigenvalue weighted by Gasteiger charge is -2.10. The molecule has 0 aliphatic carbocycles. The van der Waals surface area contributed by atoms with Gasteiger partial charge in [-0.15, -0.1) is 21.5 Å². The molecule has 0 aliphatic heterocycles. The number of halogens is 2. The van der Waals surface area contributed by atoms with Gasteiger partial charge in [-0.25, -0.2) is 13.8 Å². The van der Waals surface area contributed by atoms with Gasteiger partial charge in [0.05, 0.1) is 28.1 Å². The summed E-state index contributed by atoms with van der Waals surface area (Å²) in [6, 6.07) is 2.94. The van der Waals surface area contributed by atoms with E-state index in [9.17, 15) is 13.6 Å². The molecule has 0 saturated carbocycles. The number of nitrogens with one attached hydrogen (secondary N) is 1. The van der Waals surface area contributed by atoms with Gasteiger partial charge < -0.3 is 9.73 Å². The second-order valence-electron chi connectivity index (χ2n) is 5.37. The number of aromatic nitrogens is 3. The average molecular weight is 396 g/mol. The Balaban J connectivity index is 1.58. The third-order valence-electron chi connectivity index (χ3n) is 3.28. The van der Waals surface area contributed by atoms with Crippen LogP contribution < -0.4 is 5.32 Å². The average Bonchev–Trinajstić information content (AvgIpc) is 3.19. The van der Waals surface area contributed by atoms with Crippen LogP contribution in [0.4, 0.5) is 14.5 Å². The van der Waals surface area contributed by atoms with E-state index in [1.54, 1.807) is 6.92 Å². The molecule has 26 heavy (non-hydrogen) atoms. The van der Waals surface area contributed by atoms with E-state index in [-0.39, 0.29) is 10.9 Å². The zero-order chi connectivity index (χ0) is 18.7. The van der Waals surface area contributed by atoms with E-state index in [4.69, 9.17) is 4.42 Å². The van der Waals surface area contributed by atoms with Crippen molar-refractivity contribution in [2.45, 2.75) is 30.7 Å². The summed E-state index contributed by atoms with van der Waals surface area (Å²) in [6.45, 7) is 3.53. The minimum Gasteiger partial charge on any atom is -0.416 e. The molecular weight excluding hydrogens is 382 g/mol. The van der Waals surface area contributed by atoms with E-state index in [0.29, 0.717) is 18.4 Å². The van der Waals surface area contributed by atoms with Crippen molar-refractivity contribution in [3.8, 4) is 0 Å². The number of hydrogen-bond acceptors (Lipinski definition) is 7. The third-order valence-corrected chi connectivity index (χ3v) is 5.04. The van der Waals surface area contributed by atoms with E-state index in [1.165, 1.54) is 17.4 Å². The minimum absolute atomic E-state index is 0.0889. The van der Waals surface area contributed by atoms with Crippen molar-refractivity contribution in [1.29, 1.82) is 0 Å². The first-order valence-corrected chi connectivity index (χ1v) is 9.32. The van der Waals surface area contributed by atoms with E-state index >= 15 is 0 Å².